The van der Waals surface area contributed by atoms with E-state index in [9.17, 15) is 5.11 Å². The van der Waals surface area contributed by atoms with Crippen LogP contribution in [0.3, 0.4) is 0 Å². The molecule has 0 saturated heterocycles. The molecule has 0 aliphatic heterocycles. The highest BCUT2D eigenvalue weighted by molar-refractivity contribution is 5.86. The third kappa shape index (κ3) is 0.953. The second-order valence-electron chi connectivity index (χ2n) is 3.75. The predicted molar refractivity (Wildman–Crippen MR) is 52.3 cm³/mol. The lowest BCUT2D eigenvalue weighted by atomic mass is 9.97. The Morgan fingerprint density at radius 3 is 3.00 bits per heavy atom. The van der Waals surface area contributed by atoms with E-state index in [1.165, 1.54) is 24.6 Å². The van der Waals surface area contributed by atoms with Crippen LogP contribution in [0.2, 0.25) is 0 Å². The number of nitrogens with zero attached hydrogens (tertiary/aromatic N) is 1. The normalized spacial score (nSPS) is 15.7. The number of fused-ring (bicyclic) bond motifs is 3. The van der Waals surface area contributed by atoms with Crippen LogP contribution in [0.1, 0.15) is 24.2 Å². The van der Waals surface area contributed by atoms with Gasteiger partial charge in [0.1, 0.15) is 5.76 Å². The Morgan fingerprint density at radius 2 is 2.07 bits per heavy atom. The van der Waals surface area contributed by atoms with Crippen LogP contribution in [0.15, 0.2) is 16.8 Å². The van der Waals surface area contributed by atoms with Gasteiger partial charge in [-0.15, -0.1) is 0 Å². The average Bonchev–Trinajstić information content (AvgIpc) is 2.59. The summed E-state index contributed by atoms with van der Waals surface area (Å²) in [4.78, 5) is 3.98. The lowest BCUT2D eigenvalue weighted by molar-refractivity contribution is 0.449. The van der Waals surface area contributed by atoms with E-state index in [1.807, 2.05) is 0 Å². The van der Waals surface area contributed by atoms with E-state index in [1.54, 1.807) is 6.20 Å². The fraction of sp³-hybridized carbons (Fsp3) is 0.364. The summed E-state index contributed by atoms with van der Waals surface area (Å²) >= 11 is 0. The Hall–Kier alpha value is -1.51. The van der Waals surface area contributed by atoms with Crippen LogP contribution >= 0.6 is 0 Å². The smallest absolute Gasteiger partial charge is 0.179 e. The quantitative estimate of drug-likeness (QED) is 0.692. The Balaban J connectivity index is 2.36. The summed E-state index contributed by atoms with van der Waals surface area (Å²) in [6.45, 7) is 0. The summed E-state index contributed by atoms with van der Waals surface area (Å²) < 4.78 is 5.63. The highest BCUT2D eigenvalue weighted by atomic mass is 16.4. The van der Waals surface area contributed by atoms with Gasteiger partial charge < -0.3 is 9.52 Å². The van der Waals surface area contributed by atoms with E-state index in [0.717, 1.165) is 24.0 Å². The summed E-state index contributed by atoms with van der Waals surface area (Å²) in [7, 11) is 0. The van der Waals surface area contributed by atoms with Gasteiger partial charge in [-0.3, -0.25) is 4.98 Å². The Morgan fingerprint density at radius 1 is 1.21 bits per heavy atom. The minimum absolute atomic E-state index is 0.150. The van der Waals surface area contributed by atoms with Crippen LogP contribution in [-0.4, -0.2) is 10.1 Å². The molecule has 3 rings (SSSR count). The molecule has 0 bridgehead atoms. The molecule has 2 heterocycles. The zero-order chi connectivity index (χ0) is 9.54. The standard InChI is InChI=1S/C11H11NO2/c13-9-6-12-5-8-7-3-1-2-4-10(7)14-11(8)9/h5-6,13H,1-4H2. The Kier molecular flexibility index (Phi) is 1.54. The summed E-state index contributed by atoms with van der Waals surface area (Å²) in [5.41, 5.74) is 1.85. The van der Waals surface area contributed by atoms with Crippen molar-refractivity contribution < 1.29 is 9.52 Å². The van der Waals surface area contributed by atoms with Gasteiger partial charge >= 0.3 is 0 Å². The molecular weight excluding hydrogens is 178 g/mol. The molecule has 0 radical (unpaired) electrons. The first-order chi connectivity index (χ1) is 6.86. The van der Waals surface area contributed by atoms with Crippen LogP contribution in [0, 0.1) is 0 Å². The van der Waals surface area contributed by atoms with Gasteiger partial charge in [0.2, 0.25) is 0 Å². The zero-order valence-electron chi connectivity index (χ0n) is 7.79. The van der Waals surface area contributed by atoms with Crippen molar-refractivity contribution in [1.29, 1.82) is 0 Å². The molecule has 3 nitrogen and oxygen atoms in total. The molecule has 0 spiro atoms. The fourth-order valence-corrected chi connectivity index (χ4v) is 2.16. The fourth-order valence-electron chi connectivity index (χ4n) is 2.16. The van der Waals surface area contributed by atoms with Crippen LogP contribution in [0.25, 0.3) is 11.0 Å². The molecule has 2 aromatic rings. The van der Waals surface area contributed by atoms with Gasteiger partial charge in [0.05, 0.1) is 6.20 Å². The van der Waals surface area contributed by atoms with E-state index < -0.39 is 0 Å². The van der Waals surface area contributed by atoms with Crippen molar-refractivity contribution in [2.45, 2.75) is 25.7 Å². The molecular formula is C11H11NO2. The number of hydrogen-bond donors (Lipinski definition) is 1. The minimum Gasteiger partial charge on any atom is -0.503 e. The number of furan rings is 1. The maximum absolute atomic E-state index is 9.56. The number of aromatic hydroxyl groups is 1. The number of aryl methyl sites for hydroxylation is 2. The topological polar surface area (TPSA) is 46.3 Å². The molecule has 0 amide bonds. The van der Waals surface area contributed by atoms with Crippen molar-refractivity contribution in [2.24, 2.45) is 0 Å². The van der Waals surface area contributed by atoms with Gasteiger partial charge in [0.25, 0.3) is 0 Å². The Bertz CT molecular complexity index is 487. The van der Waals surface area contributed by atoms with Gasteiger partial charge in [0, 0.05) is 23.6 Å². The molecule has 2 aromatic heterocycles. The molecule has 0 aromatic carbocycles. The first-order valence-electron chi connectivity index (χ1n) is 4.93. The lowest BCUT2D eigenvalue weighted by Gasteiger charge is -2.07. The highest BCUT2D eigenvalue weighted by Crippen LogP contribution is 2.34. The van der Waals surface area contributed by atoms with Crippen LogP contribution in [-0.2, 0) is 12.8 Å². The van der Waals surface area contributed by atoms with Crippen molar-refractivity contribution in [1.82, 2.24) is 4.98 Å². The van der Waals surface area contributed by atoms with Crippen molar-refractivity contribution in [3.05, 3.63) is 23.7 Å². The SMILES string of the molecule is Oc1cncc2c3c(oc12)CCCC3. The molecule has 0 fully saturated rings. The molecule has 0 atom stereocenters. The third-order valence-corrected chi connectivity index (χ3v) is 2.85. The first-order valence-corrected chi connectivity index (χ1v) is 4.93. The number of rotatable bonds is 0. The molecule has 1 N–H and O–H groups in total. The highest BCUT2D eigenvalue weighted by Gasteiger charge is 2.19. The van der Waals surface area contributed by atoms with Crippen molar-refractivity contribution in [2.75, 3.05) is 0 Å². The molecule has 72 valence electrons. The van der Waals surface area contributed by atoms with E-state index in [-0.39, 0.29) is 5.75 Å². The van der Waals surface area contributed by atoms with Crippen molar-refractivity contribution >= 4 is 11.0 Å². The molecule has 3 heteroatoms. The van der Waals surface area contributed by atoms with E-state index in [0.29, 0.717) is 5.58 Å². The van der Waals surface area contributed by atoms with Gasteiger partial charge in [-0.25, -0.2) is 0 Å². The van der Waals surface area contributed by atoms with Gasteiger partial charge in [-0.05, 0) is 19.3 Å². The van der Waals surface area contributed by atoms with Gasteiger partial charge in [-0.2, -0.15) is 0 Å². The van der Waals surface area contributed by atoms with Crippen molar-refractivity contribution in [3.63, 3.8) is 0 Å². The molecule has 1 aliphatic rings. The van der Waals surface area contributed by atoms with Crippen LogP contribution < -0.4 is 0 Å². The summed E-state index contributed by atoms with van der Waals surface area (Å²) in [6.07, 6.45) is 7.63. The van der Waals surface area contributed by atoms with E-state index >= 15 is 0 Å². The monoisotopic (exact) mass is 189 g/mol. The summed E-state index contributed by atoms with van der Waals surface area (Å²) in [6, 6.07) is 0. The van der Waals surface area contributed by atoms with E-state index in [4.69, 9.17) is 4.42 Å². The molecule has 0 unspecified atom stereocenters. The van der Waals surface area contributed by atoms with E-state index in [2.05, 4.69) is 4.98 Å². The molecule has 1 aliphatic carbocycles. The predicted octanol–water partition coefficient (Wildman–Crippen LogP) is 2.41. The maximum Gasteiger partial charge on any atom is 0.179 e. The third-order valence-electron chi connectivity index (χ3n) is 2.85. The largest absolute Gasteiger partial charge is 0.503 e. The second-order valence-corrected chi connectivity index (χ2v) is 3.75. The van der Waals surface area contributed by atoms with Gasteiger partial charge in [-0.1, -0.05) is 0 Å². The molecule has 0 saturated carbocycles. The van der Waals surface area contributed by atoms with Crippen molar-refractivity contribution in [3.8, 4) is 5.75 Å². The number of hydrogen-bond acceptors (Lipinski definition) is 3. The minimum atomic E-state index is 0.150. The zero-order valence-corrected chi connectivity index (χ0v) is 7.79. The number of aromatic nitrogens is 1. The summed E-state index contributed by atoms with van der Waals surface area (Å²) in [5.74, 6) is 1.19. The average molecular weight is 189 g/mol. The Labute approximate surface area is 81.4 Å². The maximum atomic E-state index is 9.56. The molecule has 14 heavy (non-hydrogen) atoms. The first kappa shape index (κ1) is 7.85. The number of pyridine rings is 1. The summed E-state index contributed by atoms with van der Waals surface area (Å²) in [5, 5.41) is 10.6. The second kappa shape index (κ2) is 2.74. The van der Waals surface area contributed by atoms with Gasteiger partial charge in [0.15, 0.2) is 11.3 Å². The van der Waals surface area contributed by atoms with Crippen LogP contribution in [0.4, 0.5) is 0 Å². The lowest BCUT2D eigenvalue weighted by Crippen LogP contribution is -1.98. The van der Waals surface area contributed by atoms with Crippen LogP contribution in [0.5, 0.6) is 5.75 Å².